The van der Waals surface area contributed by atoms with Crippen molar-refractivity contribution in [3.05, 3.63) is 0 Å². The van der Waals surface area contributed by atoms with E-state index >= 15 is 0 Å². The number of aliphatic imine (C=N–C) groups is 1. The van der Waals surface area contributed by atoms with Gasteiger partial charge in [-0.25, -0.2) is 0 Å². The lowest BCUT2D eigenvalue weighted by atomic mass is 9.84. The third-order valence-corrected chi connectivity index (χ3v) is 6.17. The molecule has 1 unspecified atom stereocenters. The number of hydrogen-bond donors (Lipinski definition) is 1. The summed E-state index contributed by atoms with van der Waals surface area (Å²) in [5.41, 5.74) is -0.385. The van der Waals surface area contributed by atoms with Crippen LogP contribution in [0.2, 0.25) is 0 Å². The van der Waals surface area contributed by atoms with E-state index in [1.165, 1.54) is 4.90 Å². The Morgan fingerprint density at radius 2 is 1.90 bits per heavy atom. The van der Waals surface area contributed by atoms with Gasteiger partial charge in [-0.2, -0.15) is 13.2 Å². The summed E-state index contributed by atoms with van der Waals surface area (Å²) in [6, 6.07) is 0. The van der Waals surface area contributed by atoms with Crippen molar-refractivity contribution in [1.82, 2.24) is 20.0 Å². The van der Waals surface area contributed by atoms with Gasteiger partial charge in [-0.1, -0.05) is 19.8 Å². The van der Waals surface area contributed by atoms with Crippen molar-refractivity contribution >= 4 is 35.8 Å². The highest BCUT2D eigenvalue weighted by Gasteiger charge is 2.42. The van der Waals surface area contributed by atoms with Gasteiger partial charge in [0.25, 0.3) is 0 Å². The van der Waals surface area contributed by atoms with E-state index in [1.54, 1.807) is 33.0 Å². The Labute approximate surface area is 195 Å². The van der Waals surface area contributed by atoms with E-state index in [2.05, 4.69) is 15.2 Å². The van der Waals surface area contributed by atoms with Crippen LogP contribution in [0.5, 0.6) is 0 Å². The van der Waals surface area contributed by atoms with Gasteiger partial charge in [0.15, 0.2) is 5.96 Å². The summed E-state index contributed by atoms with van der Waals surface area (Å²) in [5.74, 6) is 1.08. The molecule has 176 valence electrons. The number of likely N-dealkylation sites (tertiary alicyclic amines) is 1. The van der Waals surface area contributed by atoms with Crippen molar-refractivity contribution in [2.75, 3.05) is 60.4 Å². The van der Waals surface area contributed by atoms with Gasteiger partial charge in [-0.05, 0) is 31.7 Å². The molecule has 2 rings (SSSR count). The fourth-order valence-electron chi connectivity index (χ4n) is 4.67. The minimum atomic E-state index is -4.17. The molecule has 0 aromatic rings. The summed E-state index contributed by atoms with van der Waals surface area (Å²) < 4.78 is 38.2. The number of hydrogen-bond acceptors (Lipinski definition) is 3. The lowest BCUT2D eigenvalue weighted by Crippen LogP contribution is -2.50. The molecule has 10 heteroatoms. The van der Waals surface area contributed by atoms with E-state index in [0.717, 1.165) is 44.6 Å². The van der Waals surface area contributed by atoms with Crippen LogP contribution in [0.15, 0.2) is 4.99 Å². The van der Waals surface area contributed by atoms with Crippen molar-refractivity contribution < 1.29 is 18.0 Å². The van der Waals surface area contributed by atoms with E-state index in [-0.39, 0.29) is 41.2 Å². The second kappa shape index (κ2) is 11.7. The van der Waals surface area contributed by atoms with Crippen molar-refractivity contribution in [2.24, 2.45) is 16.3 Å². The first-order valence-electron chi connectivity index (χ1n) is 10.6. The Bertz CT molecular complexity index is 579. The van der Waals surface area contributed by atoms with Crippen molar-refractivity contribution in [1.29, 1.82) is 0 Å². The van der Waals surface area contributed by atoms with E-state index in [4.69, 9.17) is 0 Å². The van der Waals surface area contributed by atoms with Crippen LogP contribution in [-0.2, 0) is 4.79 Å². The zero-order chi connectivity index (χ0) is 21.7. The molecule has 0 bridgehead atoms. The Hall–Kier alpha value is -0.780. The summed E-state index contributed by atoms with van der Waals surface area (Å²) >= 11 is 0. The van der Waals surface area contributed by atoms with E-state index in [9.17, 15) is 18.0 Å². The standard InChI is InChI=1S/C20H36F3N5O.HI/c1-5-27(15-20(21,22)23)12-16-8-11-28(13-16)18(24-2)25-14-19(9-6-7-10-19)17(29)26(3)4;/h16H,5-15H2,1-4H3,(H,24,25);1H. The molecule has 1 N–H and O–H groups in total. The van der Waals surface area contributed by atoms with Crippen LogP contribution in [0, 0.1) is 11.3 Å². The number of guanidine groups is 1. The van der Waals surface area contributed by atoms with Gasteiger partial charge in [0.05, 0.1) is 12.0 Å². The van der Waals surface area contributed by atoms with Crippen LogP contribution in [0.1, 0.15) is 39.0 Å². The van der Waals surface area contributed by atoms with Gasteiger partial charge < -0.3 is 15.1 Å². The number of carbonyl (C=O) groups excluding carboxylic acids is 1. The third kappa shape index (κ3) is 7.42. The first kappa shape index (κ1) is 27.3. The Morgan fingerprint density at radius 1 is 1.27 bits per heavy atom. The predicted octanol–water partition coefficient (Wildman–Crippen LogP) is 3.03. The van der Waals surface area contributed by atoms with Crippen LogP contribution < -0.4 is 5.32 Å². The van der Waals surface area contributed by atoms with Crippen LogP contribution in [-0.4, -0.2) is 93.2 Å². The molecule has 0 aromatic carbocycles. The second-order valence-electron chi connectivity index (χ2n) is 8.63. The molecule has 6 nitrogen and oxygen atoms in total. The molecule has 2 aliphatic rings. The number of alkyl halides is 3. The highest BCUT2D eigenvalue weighted by atomic mass is 127. The highest BCUT2D eigenvalue weighted by molar-refractivity contribution is 14.0. The van der Waals surface area contributed by atoms with Crippen molar-refractivity contribution in [3.63, 3.8) is 0 Å². The number of rotatable bonds is 7. The smallest absolute Gasteiger partial charge is 0.355 e. The molecule has 1 atom stereocenters. The molecule has 0 aromatic heterocycles. The van der Waals surface area contributed by atoms with Crippen molar-refractivity contribution in [2.45, 2.75) is 45.2 Å². The molecule has 1 aliphatic heterocycles. The average molecular weight is 547 g/mol. The number of nitrogens with one attached hydrogen (secondary N) is 1. The Morgan fingerprint density at radius 3 is 2.40 bits per heavy atom. The monoisotopic (exact) mass is 547 g/mol. The van der Waals surface area contributed by atoms with Crippen LogP contribution >= 0.6 is 24.0 Å². The minimum Gasteiger partial charge on any atom is -0.355 e. The maximum atomic E-state index is 12.7. The second-order valence-corrected chi connectivity index (χ2v) is 8.63. The average Bonchev–Trinajstić information content (AvgIpc) is 3.30. The van der Waals surface area contributed by atoms with E-state index in [1.807, 2.05) is 0 Å². The normalized spacial score (nSPS) is 21.7. The molecule has 1 aliphatic carbocycles. The molecule has 2 fully saturated rings. The molecule has 0 spiro atoms. The molecular formula is C20H37F3IN5O. The summed E-state index contributed by atoms with van der Waals surface area (Å²) in [6.45, 7) is 3.73. The van der Waals surface area contributed by atoms with Crippen LogP contribution in [0.3, 0.4) is 0 Å². The molecule has 1 heterocycles. The highest BCUT2D eigenvalue weighted by Crippen LogP contribution is 2.39. The topological polar surface area (TPSA) is 51.2 Å². The first-order chi connectivity index (χ1) is 13.6. The van der Waals surface area contributed by atoms with E-state index < -0.39 is 12.7 Å². The number of halogens is 4. The zero-order valence-electron chi connectivity index (χ0n) is 18.6. The lowest BCUT2D eigenvalue weighted by molar-refractivity contribution is -0.146. The van der Waals surface area contributed by atoms with Gasteiger partial charge in [0.1, 0.15) is 0 Å². The SMILES string of the molecule is CCN(CC1CCN(C(=NC)NCC2(C(=O)N(C)C)CCCC2)C1)CC(F)(F)F.I. The van der Waals surface area contributed by atoms with Gasteiger partial charge in [0.2, 0.25) is 5.91 Å². The van der Waals surface area contributed by atoms with Gasteiger partial charge in [-0.15, -0.1) is 24.0 Å². The molecular weight excluding hydrogens is 510 g/mol. The fourth-order valence-corrected chi connectivity index (χ4v) is 4.67. The van der Waals surface area contributed by atoms with E-state index in [0.29, 0.717) is 26.2 Å². The molecule has 1 saturated heterocycles. The number of amides is 1. The minimum absolute atomic E-state index is 0. The zero-order valence-corrected chi connectivity index (χ0v) is 20.9. The molecule has 0 radical (unpaired) electrons. The van der Waals surface area contributed by atoms with Gasteiger partial charge in [-0.3, -0.25) is 14.7 Å². The Balaban J connectivity index is 0.00000450. The van der Waals surface area contributed by atoms with Crippen molar-refractivity contribution in [3.8, 4) is 0 Å². The third-order valence-electron chi connectivity index (χ3n) is 6.17. The summed E-state index contributed by atoms with van der Waals surface area (Å²) in [6.07, 6.45) is 0.534. The van der Waals surface area contributed by atoms with Gasteiger partial charge >= 0.3 is 6.18 Å². The molecule has 1 amide bonds. The molecule has 1 saturated carbocycles. The quantitative estimate of drug-likeness (QED) is 0.303. The maximum absolute atomic E-state index is 12.7. The lowest BCUT2D eigenvalue weighted by Gasteiger charge is -2.33. The fraction of sp³-hybridized carbons (Fsp3) is 0.900. The maximum Gasteiger partial charge on any atom is 0.401 e. The Kier molecular flexibility index (Phi) is 10.7. The summed E-state index contributed by atoms with van der Waals surface area (Å²) in [7, 11) is 5.30. The predicted molar refractivity (Wildman–Crippen MR) is 124 cm³/mol. The summed E-state index contributed by atoms with van der Waals surface area (Å²) in [5, 5.41) is 3.39. The number of nitrogens with zero attached hydrogens (tertiary/aromatic N) is 4. The summed E-state index contributed by atoms with van der Waals surface area (Å²) in [4.78, 5) is 22.4. The first-order valence-corrected chi connectivity index (χ1v) is 10.6. The largest absolute Gasteiger partial charge is 0.401 e. The van der Waals surface area contributed by atoms with Crippen LogP contribution in [0.4, 0.5) is 13.2 Å². The number of carbonyl (C=O) groups is 1. The molecule has 30 heavy (non-hydrogen) atoms. The van der Waals surface area contributed by atoms with Gasteiger partial charge in [0, 0.05) is 47.3 Å². The van der Waals surface area contributed by atoms with Crippen LogP contribution in [0.25, 0.3) is 0 Å².